The van der Waals surface area contributed by atoms with Crippen LogP contribution in [0, 0.1) is 0 Å². The van der Waals surface area contributed by atoms with Crippen LogP contribution in [0.2, 0.25) is 0 Å². The van der Waals surface area contributed by atoms with Gasteiger partial charge in [-0.05, 0) is 13.8 Å². The van der Waals surface area contributed by atoms with Gasteiger partial charge in [0.25, 0.3) is 0 Å². The molecule has 0 aliphatic heterocycles. The van der Waals surface area contributed by atoms with E-state index >= 15 is 0 Å². The number of aromatic nitrogens is 4. The lowest BCUT2D eigenvalue weighted by atomic mass is 10.4. The van der Waals surface area contributed by atoms with E-state index in [0.29, 0.717) is 22.8 Å². The van der Waals surface area contributed by atoms with E-state index < -0.39 is 0 Å². The Morgan fingerprint density at radius 2 is 1.94 bits per heavy atom. The van der Waals surface area contributed by atoms with E-state index in [0.717, 1.165) is 11.4 Å². The predicted molar refractivity (Wildman–Crippen MR) is 73.0 cm³/mol. The Kier molecular flexibility index (Phi) is 3.71. The van der Waals surface area contributed by atoms with Crippen LogP contribution < -0.4 is 11.5 Å². The zero-order valence-electron chi connectivity index (χ0n) is 10.4. The highest BCUT2D eigenvalue weighted by atomic mass is 32.2. The van der Waals surface area contributed by atoms with Crippen molar-refractivity contribution in [2.45, 2.75) is 30.8 Å². The van der Waals surface area contributed by atoms with Crippen molar-refractivity contribution in [1.82, 2.24) is 19.5 Å². The molecule has 0 saturated heterocycles. The molecule has 2 aromatic heterocycles. The van der Waals surface area contributed by atoms with Crippen LogP contribution in [0.25, 0.3) is 0 Å². The molecular formula is C11H16N6S. The normalized spacial score (nSPS) is 11.1. The van der Waals surface area contributed by atoms with E-state index in [-0.39, 0.29) is 0 Å². The zero-order valence-corrected chi connectivity index (χ0v) is 11.2. The summed E-state index contributed by atoms with van der Waals surface area (Å²) in [7, 11) is 0. The molecule has 96 valence electrons. The molecule has 0 bridgehead atoms. The monoisotopic (exact) mass is 264 g/mol. The van der Waals surface area contributed by atoms with Gasteiger partial charge in [0.05, 0.1) is 6.33 Å². The van der Waals surface area contributed by atoms with Gasteiger partial charge in [0, 0.05) is 29.8 Å². The average Bonchev–Trinajstić information content (AvgIpc) is 2.73. The van der Waals surface area contributed by atoms with E-state index in [2.05, 4.69) is 33.4 Å². The number of thioether (sulfide) groups is 1. The summed E-state index contributed by atoms with van der Waals surface area (Å²) >= 11 is 1.49. The van der Waals surface area contributed by atoms with Crippen LogP contribution in [-0.2, 0) is 5.75 Å². The number of hydrogen-bond acceptors (Lipinski definition) is 6. The van der Waals surface area contributed by atoms with Crippen molar-refractivity contribution in [2.24, 2.45) is 0 Å². The van der Waals surface area contributed by atoms with Crippen molar-refractivity contribution in [1.29, 1.82) is 0 Å². The lowest BCUT2D eigenvalue weighted by Gasteiger charge is -2.11. The first kappa shape index (κ1) is 12.7. The van der Waals surface area contributed by atoms with E-state index in [1.54, 1.807) is 6.07 Å². The van der Waals surface area contributed by atoms with E-state index in [9.17, 15) is 0 Å². The summed E-state index contributed by atoms with van der Waals surface area (Å²) in [5, 5.41) is 0.587. The third-order valence-electron chi connectivity index (χ3n) is 2.40. The molecule has 0 aliphatic rings. The molecule has 0 spiro atoms. The van der Waals surface area contributed by atoms with Crippen LogP contribution in [-0.4, -0.2) is 19.5 Å². The summed E-state index contributed by atoms with van der Waals surface area (Å²) in [5.41, 5.74) is 12.4. The van der Waals surface area contributed by atoms with Crippen molar-refractivity contribution >= 4 is 23.4 Å². The van der Waals surface area contributed by atoms with Gasteiger partial charge in [-0.3, -0.25) is 0 Å². The molecule has 2 aromatic rings. The van der Waals surface area contributed by atoms with Gasteiger partial charge >= 0.3 is 0 Å². The molecule has 0 aromatic carbocycles. The number of rotatable bonds is 4. The maximum atomic E-state index is 5.62. The number of hydrogen-bond donors (Lipinski definition) is 2. The highest BCUT2D eigenvalue weighted by Crippen LogP contribution is 2.22. The first-order valence-corrected chi connectivity index (χ1v) is 6.58. The highest BCUT2D eigenvalue weighted by Gasteiger charge is 2.07. The number of imidazole rings is 1. The van der Waals surface area contributed by atoms with Crippen molar-refractivity contribution in [3.8, 4) is 0 Å². The first-order chi connectivity index (χ1) is 8.56. The molecule has 0 radical (unpaired) electrons. The van der Waals surface area contributed by atoms with Crippen molar-refractivity contribution in [2.75, 3.05) is 11.5 Å². The second-order valence-electron chi connectivity index (χ2n) is 4.17. The standard InChI is InChI=1S/C11H16N6S/c1-7(2)17-6-14-4-8(17)5-18-11-15-9(12)3-10(13)16-11/h3-4,6-7H,5H2,1-2H3,(H4,12,13,15,16). The van der Waals surface area contributed by atoms with Crippen LogP contribution in [0.5, 0.6) is 0 Å². The van der Waals surface area contributed by atoms with Crippen molar-refractivity contribution in [3.05, 3.63) is 24.3 Å². The fourth-order valence-electron chi connectivity index (χ4n) is 1.57. The number of nitrogens with zero attached hydrogens (tertiary/aromatic N) is 4. The highest BCUT2D eigenvalue weighted by molar-refractivity contribution is 7.98. The summed E-state index contributed by atoms with van der Waals surface area (Å²) in [4.78, 5) is 12.4. The van der Waals surface area contributed by atoms with E-state index in [4.69, 9.17) is 11.5 Å². The van der Waals surface area contributed by atoms with Crippen LogP contribution in [0.1, 0.15) is 25.6 Å². The third-order valence-corrected chi connectivity index (χ3v) is 3.28. The fourth-order valence-corrected chi connectivity index (χ4v) is 2.41. The molecular weight excluding hydrogens is 248 g/mol. The molecule has 0 fully saturated rings. The Bertz CT molecular complexity index is 516. The fraction of sp³-hybridized carbons (Fsp3) is 0.364. The quantitative estimate of drug-likeness (QED) is 0.644. The maximum Gasteiger partial charge on any atom is 0.191 e. The molecule has 2 rings (SSSR count). The molecule has 0 saturated carbocycles. The third kappa shape index (κ3) is 2.92. The predicted octanol–water partition coefficient (Wildman–Crippen LogP) is 1.71. The molecule has 0 aliphatic carbocycles. The molecule has 2 heterocycles. The van der Waals surface area contributed by atoms with Gasteiger partial charge in [0.15, 0.2) is 5.16 Å². The maximum absolute atomic E-state index is 5.62. The van der Waals surface area contributed by atoms with Crippen LogP contribution in [0.4, 0.5) is 11.6 Å². The first-order valence-electron chi connectivity index (χ1n) is 5.60. The lowest BCUT2D eigenvalue weighted by molar-refractivity contribution is 0.584. The average molecular weight is 264 g/mol. The summed E-state index contributed by atoms with van der Waals surface area (Å²) < 4.78 is 2.11. The number of nitrogen functional groups attached to an aromatic ring is 2. The SMILES string of the molecule is CC(C)n1cncc1CSc1nc(N)cc(N)n1. The minimum atomic E-state index is 0.384. The minimum absolute atomic E-state index is 0.384. The summed E-state index contributed by atoms with van der Waals surface area (Å²) in [6.07, 6.45) is 3.68. The summed E-state index contributed by atoms with van der Waals surface area (Å²) in [6.45, 7) is 4.23. The smallest absolute Gasteiger partial charge is 0.191 e. The summed E-state index contributed by atoms with van der Waals surface area (Å²) in [5.74, 6) is 1.52. The molecule has 0 unspecified atom stereocenters. The summed E-state index contributed by atoms with van der Waals surface area (Å²) in [6, 6.07) is 1.93. The van der Waals surface area contributed by atoms with Crippen molar-refractivity contribution < 1.29 is 0 Å². The van der Waals surface area contributed by atoms with E-state index in [1.165, 1.54) is 11.8 Å². The molecule has 7 heteroatoms. The molecule has 0 atom stereocenters. The Labute approximate surface area is 110 Å². The van der Waals surface area contributed by atoms with Gasteiger partial charge in [0.2, 0.25) is 0 Å². The Balaban J connectivity index is 2.09. The molecule has 0 amide bonds. The van der Waals surface area contributed by atoms with Gasteiger partial charge in [-0.25, -0.2) is 15.0 Å². The van der Waals surface area contributed by atoms with E-state index in [1.807, 2.05) is 12.5 Å². The van der Waals surface area contributed by atoms with Gasteiger partial charge in [0.1, 0.15) is 11.6 Å². The van der Waals surface area contributed by atoms with Crippen molar-refractivity contribution in [3.63, 3.8) is 0 Å². The second-order valence-corrected chi connectivity index (χ2v) is 5.12. The number of anilines is 2. The van der Waals surface area contributed by atoms with Gasteiger partial charge < -0.3 is 16.0 Å². The largest absolute Gasteiger partial charge is 0.383 e. The van der Waals surface area contributed by atoms with Crippen LogP contribution >= 0.6 is 11.8 Å². The van der Waals surface area contributed by atoms with Crippen LogP contribution in [0.15, 0.2) is 23.7 Å². The molecule has 18 heavy (non-hydrogen) atoms. The van der Waals surface area contributed by atoms with Gasteiger partial charge in [-0.2, -0.15) is 0 Å². The number of nitrogens with two attached hydrogens (primary N) is 2. The Morgan fingerprint density at radius 1 is 1.28 bits per heavy atom. The van der Waals surface area contributed by atoms with Gasteiger partial charge in [-0.15, -0.1) is 0 Å². The van der Waals surface area contributed by atoms with Crippen LogP contribution in [0.3, 0.4) is 0 Å². The minimum Gasteiger partial charge on any atom is -0.383 e. The topological polar surface area (TPSA) is 95.6 Å². The molecule has 6 nitrogen and oxygen atoms in total. The Hall–Kier alpha value is -1.76. The zero-order chi connectivity index (χ0) is 13.1. The lowest BCUT2D eigenvalue weighted by Crippen LogP contribution is -2.04. The van der Waals surface area contributed by atoms with Gasteiger partial charge in [-0.1, -0.05) is 11.8 Å². The Morgan fingerprint density at radius 3 is 2.56 bits per heavy atom. The molecule has 4 N–H and O–H groups in total. The second kappa shape index (κ2) is 5.26.